The fourth-order valence-electron chi connectivity index (χ4n) is 8.56. The minimum atomic E-state index is -2.69. The number of nitriles is 2. The van der Waals surface area contributed by atoms with Crippen LogP contribution in [0.25, 0.3) is 22.2 Å². The number of ether oxygens (including phenoxy) is 4. The second-order valence-electron chi connectivity index (χ2n) is 25.2. The zero-order valence-electron chi connectivity index (χ0n) is 51.1. The van der Waals surface area contributed by atoms with Crippen molar-refractivity contribution in [3.8, 4) is 34.8 Å². The molecule has 2 N–H and O–H groups in total. The molecule has 6 aromatic rings. The van der Waals surface area contributed by atoms with E-state index in [2.05, 4.69) is 57.0 Å². The number of aliphatic hydroxyl groups is 2. The van der Waals surface area contributed by atoms with Crippen LogP contribution >= 0.6 is 15.9 Å². The lowest BCUT2D eigenvalue weighted by Crippen LogP contribution is -2.41. The largest absolute Gasteiger partial charge is 0.496 e. The molecule has 86 heavy (non-hydrogen) atoms. The summed E-state index contributed by atoms with van der Waals surface area (Å²) in [5, 5.41) is 46.5. The third kappa shape index (κ3) is 17.9. The van der Waals surface area contributed by atoms with Gasteiger partial charge in [0.2, 0.25) is 0 Å². The first-order valence-corrected chi connectivity index (χ1v) is 32.2. The van der Waals surface area contributed by atoms with Crippen LogP contribution in [0, 0.1) is 22.7 Å². The highest BCUT2D eigenvalue weighted by molar-refractivity contribution is 9.10. The second-order valence-corrected chi connectivity index (χ2v) is 31.1. The number of halogens is 1. The van der Waals surface area contributed by atoms with Crippen LogP contribution in [0.3, 0.4) is 0 Å². The first kappa shape index (κ1) is 66.6. The quantitative estimate of drug-likeness (QED) is 0.122. The summed E-state index contributed by atoms with van der Waals surface area (Å²) in [5.41, 5.74) is 0.498. The zero-order valence-corrected chi connectivity index (χ0v) is 54.3. The molecule has 0 atom stereocenters. The van der Waals surface area contributed by atoms with Gasteiger partial charge in [-0.2, -0.15) is 20.7 Å². The summed E-state index contributed by atoms with van der Waals surface area (Å²) in [6.07, 6.45) is 8.24. The Morgan fingerprint density at radius 1 is 0.663 bits per heavy atom. The number of aromatic nitrogens is 6. The molecular formula is C58H76BBrN12O12S2. The molecular weight excluding hydrogens is 1210 g/mol. The third-order valence-corrected chi connectivity index (χ3v) is 18.4. The topological polar surface area (TPSA) is 303 Å². The van der Waals surface area contributed by atoms with E-state index in [-0.39, 0.29) is 24.7 Å². The molecule has 0 spiro atoms. The molecule has 3 saturated heterocycles. The monoisotopic (exact) mass is 1290 g/mol. The Kier molecular flexibility index (Phi) is 20.0. The van der Waals surface area contributed by atoms with Gasteiger partial charge in [0.25, 0.3) is 0 Å². The van der Waals surface area contributed by atoms with E-state index in [0.29, 0.717) is 82.7 Å². The predicted octanol–water partition coefficient (Wildman–Crippen LogP) is 8.36. The van der Waals surface area contributed by atoms with Crippen molar-refractivity contribution in [2.24, 2.45) is 8.73 Å². The number of hydrogen-bond donors (Lipinski definition) is 2. The highest BCUT2D eigenvalue weighted by atomic mass is 79.9. The lowest BCUT2D eigenvalue weighted by atomic mass is 9.80. The fourth-order valence-corrected chi connectivity index (χ4v) is 12.6. The molecule has 0 unspecified atom stereocenters. The molecule has 9 rings (SSSR count). The summed E-state index contributed by atoms with van der Waals surface area (Å²) in [6, 6.07) is 15.4. The van der Waals surface area contributed by atoms with Gasteiger partial charge in [-0.05, 0) is 143 Å². The Bertz CT molecular complexity index is 3750. The van der Waals surface area contributed by atoms with E-state index in [4.69, 9.17) is 33.5 Å². The second kappa shape index (κ2) is 25.8. The smallest absolute Gasteiger partial charge is 0.489 e. The van der Waals surface area contributed by atoms with Gasteiger partial charge in [-0.1, -0.05) is 6.07 Å². The Morgan fingerprint density at radius 3 is 1.48 bits per heavy atom. The number of hydrogen-bond acceptors (Lipinski definition) is 20. The van der Waals surface area contributed by atoms with Gasteiger partial charge in [-0.15, -0.1) is 8.73 Å². The van der Waals surface area contributed by atoms with Crippen molar-refractivity contribution in [1.82, 2.24) is 29.2 Å². The van der Waals surface area contributed by atoms with E-state index >= 15 is 0 Å². The van der Waals surface area contributed by atoms with E-state index in [1.54, 1.807) is 115 Å². The SMILES string of the molecule is CC(C)(C)OC(=O)N=S1(=O)CCN(c2ccc(B3OC(C)(C)C(C)(C)O3)cn2)CC1.CC(C)(O)COc1cc(-c2ccc(N3CCS(=O)(=NC(=O)OC(C)(C)C)CC3)nc2)c2c(C#N)cnn2c1.CC(C)(O)COc1cc(Br)c2c(C#N)cnn2c1. The van der Waals surface area contributed by atoms with Gasteiger partial charge in [0.05, 0.1) is 112 Å². The molecule has 3 aliphatic heterocycles. The van der Waals surface area contributed by atoms with Gasteiger partial charge in [-0.3, -0.25) is 0 Å². The van der Waals surface area contributed by atoms with Gasteiger partial charge in [0, 0.05) is 59.6 Å². The van der Waals surface area contributed by atoms with Crippen molar-refractivity contribution in [2.45, 2.75) is 131 Å². The molecule has 24 nitrogen and oxygen atoms in total. The summed E-state index contributed by atoms with van der Waals surface area (Å²) in [6.45, 7) is 27.4. The van der Waals surface area contributed by atoms with Crippen molar-refractivity contribution in [2.75, 3.05) is 72.2 Å². The van der Waals surface area contributed by atoms with Crippen LogP contribution in [-0.2, 0) is 38.2 Å². The maximum absolute atomic E-state index is 13.0. The molecule has 6 aromatic heterocycles. The normalized spacial score (nSPS) is 17.2. The van der Waals surface area contributed by atoms with Gasteiger partial charge in [-0.25, -0.2) is 37.0 Å². The maximum atomic E-state index is 13.0. The molecule has 0 aliphatic carbocycles. The van der Waals surface area contributed by atoms with Gasteiger partial charge >= 0.3 is 19.3 Å². The van der Waals surface area contributed by atoms with E-state index < -0.39 is 72.4 Å². The molecule has 9 heterocycles. The van der Waals surface area contributed by atoms with Crippen LogP contribution in [0.2, 0.25) is 0 Å². The van der Waals surface area contributed by atoms with Crippen molar-refractivity contribution >= 4 is 82.8 Å². The van der Waals surface area contributed by atoms with Crippen LogP contribution in [0.15, 0.2) is 86.8 Å². The van der Waals surface area contributed by atoms with Gasteiger partial charge in [0.1, 0.15) is 59.7 Å². The molecule has 0 radical (unpaired) electrons. The fraction of sp³-hybridized carbons (Fsp3) is 0.517. The van der Waals surface area contributed by atoms with Crippen molar-refractivity contribution in [3.63, 3.8) is 0 Å². The number of fused-ring (bicyclic) bond motifs is 2. The minimum Gasteiger partial charge on any atom is -0.489 e. The number of amides is 2. The van der Waals surface area contributed by atoms with E-state index in [9.17, 15) is 33.5 Å². The van der Waals surface area contributed by atoms with Crippen LogP contribution in [0.4, 0.5) is 21.2 Å². The molecule has 0 bridgehead atoms. The van der Waals surface area contributed by atoms with Crippen LogP contribution in [0.1, 0.15) is 108 Å². The summed E-state index contributed by atoms with van der Waals surface area (Å²) in [5.74, 6) is 3.62. The molecule has 2 amide bonds. The van der Waals surface area contributed by atoms with E-state index in [1.807, 2.05) is 61.8 Å². The number of carbonyl (C=O) groups is 2. The minimum absolute atomic E-state index is 0.0832. The average molecular weight is 1290 g/mol. The summed E-state index contributed by atoms with van der Waals surface area (Å²) in [7, 11) is -5.75. The van der Waals surface area contributed by atoms with Crippen molar-refractivity contribution < 1.29 is 56.5 Å². The highest BCUT2D eigenvalue weighted by Crippen LogP contribution is 2.37. The summed E-state index contributed by atoms with van der Waals surface area (Å²) in [4.78, 5) is 37.2. The number of rotatable bonds is 10. The first-order chi connectivity index (χ1) is 39.9. The van der Waals surface area contributed by atoms with Crippen molar-refractivity contribution in [1.29, 1.82) is 10.5 Å². The van der Waals surface area contributed by atoms with Gasteiger partial charge < -0.3 is 48.3 Å². The van der Waals surface area contributed by atoms with E-state index in [0.717, 1.165) is 21.3 Å². The number of nitrogens with zero attached hydrogens (tertiary/aromatic N) is 12. The standard InChI is InChI=1S/C26H32N6O5S.C20H32BN3O5S.C12H12BrN3O2/c1-25(2,3)37-24(33)30-38(35)10-8-31(9-11-38)22-7-6-18(14-28-22)21-12-20(36-17-26(4,5)34)16-32-23(21)19(13-27)15-29-32;1-18(2,3)27-17(25)23-30(26)12-10-24(11-13-30)16-9-8-15(14-22-16)21-28-19(4,5)20(6,7)29-21;1-12(2,17)7-18-9-3-10(13)11-8(4-14)5-15-16(11)6-9/h6-7,12,14-16,34H,8-11,17H2,1-5H3;8-9,14H,10-13H2,1-7H3;3,5-6,17H,7H2,1-2H3. The van der Waals surface area contributed by atoms with Crippen LogP contribution in [-0.4, -0.2) is 163 Å². The predicted molar refractivity (Wildman–Crippen MR) is 332 cm³/mol. The maximum Gasteiger partial charge on any atom is 0.496 e. The number of anilines is 2. The first-order valence-electron chi connectivity index (χ1n) is 27.7. The van der Waals surface area contributed by atoms with E-state index in [1.165, 1.54) is 12.4 Å². The van der Waals surface area contributed by atoms with Crippen molar-refractivity contribution in [3.05, 3.63) is 89.2 Å². The van der Waals surface area contributed by atoms with Crippen LogP contribution < -0.4 is 24.7 Å². The Hall–Kier alpha value is -6.92. The lowest BCUT2D eigenvalue weighted by molar-refractivity contribution is 0.00578. The highest BCUT2D eigenvalue weighted by Gasteiger charge is 2.52. The molecule has 0 aromatic carbocycles. The molecule has 3 fully saturated rings. The number of pyridine rings is 4. The molecule has 28 heteroatoms. The Balaban J connectivity index is 0.000000196. The summed E-state index contributed by atoms with van der Waals surface area (Å²) >= 11 is 3.38. The third-order valence-electron chi connectivity index (χ3n) is 13.5. The molecule has 3 aliphatic rings. The Labute approximate surface area is 511 Å². The zero-order chi connectivity index (χ0) is 63.4. The molecule has 462 valence electrons. The Morgan fingerprint density at radius 2 is 1.08 bits per heavy atom. The summed E-state index contributed by atoms with van der Waals surface area (Å²) < 4.78 is 71.3. The average Bonchev–Trinajstić information content (AvgIpc) is 2.08. The van der Waals surface area contributed by atoms with Gasteiger partial charge in [0.15, 0.2) is 0 Å². The molecule has 0 saturated carbocycles. The van der Waals surface area contributed by atoms with Crippen LogP contribution in [0.5, 0.6) is 11.5 Å². The lowest BCUT2D eigenvalue weighted by Gasteiger charge is -2.32. The number of carbonyl (C=O) groups excluding carboxylic acids is 2.